The average Bonchev–Trinajstić information content (AvgIpc) is 2.80. The monoisotopic (exact) mass is 278 g/mol. The molecule has 0 bridgehead atoms. The van der Waals surface area contributed by atoms with Gasteiger partial charge < -0.3 is 15.8 Å². The molecule has 3 rings (SSSR count). The molecule has 19 heavy (non-hydrogen) atoms. The first-order valence-corrected chi connectivity index (χ1v) is 6.26. The van der Waals surface area contributed by atoms with Crippen LogP contribution in [-0.4, -0.2) is 6.61 Å². The highest BCUT2D eigenvalue weighted by molar-refractivity contribution is 6.31. The molecule has 0 aliphatic carbocycles. The number of hydrogen-bond acceptors (Lipinski definition) is 3. The molecule has 0 fully saturated rings. The number of rotatable bonds is 2. The third kappa shape index (κ3) is 2.19. The van der Waals surface area contributed by atoms with Crippen LogP contribution in [-0.2, 0) is 0 Å². The predicted octanol–water partition coefficient (Wildman–Crippen LogP) is 3.61. The predicted molar refractivity (Wildman–Crippen MR) is 74.1 cm³/mol. The van der Waals surface area contributed by atoms with E-state index in [0.29, 0.717) is 18.0 Å². The van der Waals surface area contributed by atoms with E-state index >= 15 is 0 Å². The van der Waals surface area contributed by atoms with Gasteiger partial charge in [-0.1, -0.05) is 29.8 Å². The van der Waals surface area contributed by atoms with Gasteiger partial charge in [0.1, 0.15) is 18.2 Å². The third-order valence-corrected chi connectivity index (χ3v) is 3.41. The molecule has 5 heteroatoms. The number of fused-ring (bicyclic) bond motifs is 1. The van der Waals surface area contributed by atoms with Crippen LogP contribution in [0.4, 0.5) is 15.8 Å². The largest absolute Gasteiger partial charge is 0.491 e. The maximum Gasteiger partial charge on any atom is 0.143 e. The molecule has 3 nitrogen and oxygen atoms in total. The lowest BCUT2D eigenvalue weighted by molar-refractivity contribution is 0.340. The second kappa shape index (κ2) is 4.63. The Hall–Kier alpha value is -1.94. The molecule has 2 aromatic carbocycles. The van der Waals surface area contributed by atoms with E-state index in [-0.39, 0.29) is 11.1 Å². The van der Waals surface area contributed by atoms with Crippen molar-refractivity contribution in [3.63, 3.8) is 0 Å². The summed E-state index contributed by atoms with van der Waals surface area (Å²) in [5.41, 5.74) is 7.78. The van der Waals surface area contributed by atoms with Crippen molar-refractivity contribution in [1.29, 1.82) is 0 Å². The molecule has 1 heterocycles. The molecule has 1 aliphatic rings. The Bertz CT molecular complexity index is 633. The van der Waals surface area contributed by atoms with Gasteiger partial charge in [-0.05, 0) is 12.1 Å². The van der Waals surface area contributed by atoms with Crippen molar-refractivity contribution in [1.82, 2.24) is 0 Å². The zero-order chi connectivity index (χ0) is 13.4. The standard InChI is InChI=1S/C14H12ClFN2O/c15-9-5-12(11(17)6-10(9)16)18-13-7-19-14-4-2-1-3-8(13)14/h1-6,13,18H,7,17H2. The van der Waals surface area contributed by atoms with E-state index in [9.17, 15) is 4.39 Å². The summed E-state index contributed by atoms with van der Waals surface area (Å²) in [6.07, 6.45) is 0. The highest BCUT2D eigenvalue weighted by atomic mass is 35.5. The molecule has 0 spiro atoms. The molecular weight excluding hydrogens is 267 g/mol. The minimum Gasteiger partial charge on any atom is -0.491 e. The molecule has 1 atom stereocenters. The van der Waals surface area contributed by atoms with Gasteiger partial charge in [0.15, 0.2) is 0 Å². The molecule has 1 aliphatic heterocycles. The number of nitrogens with two attached hydrogens (primary N) is 1. The second-order valence-electron chi connectivity index (χ2n) is 4.40. The van der Waals surface area contributed by atoms with Crippen molar-refractivity contribution >= 4 is 23.0 Å². The van der Waals surface area contributed by atoms with E-state index in [0.717, 1.165) is 11.3 Å². The molecule has 2 aromatic rings. The number of ether oxygens (including phenoxy) is 1. The molecule has 0 amide bonds. The van der Waals surface area contributed by atoms with Gasteiger partial charge in [0.05, 0.1) is 22.4 Å². The second-order valence-corrected chi connectivity index (χ2v) is 4.81. The first-order valence-electron chi connectivity index (χ1n) is 5.88. The average molecular weight is 279 g/mol. The molecule has 1 unspecified atom stereocenters. The zero-order valence-corrected chi connectivity index (χ0v) is 10.7. The minimum atomic E-state index is -0.521. The third-order valence-electron chi connectivity index (χ3n) is 3.12. The molecule has 98 valence electrons. The van der Waals surface area contributed by atoms with E-state index < -0.39 is 5.82 Å². The van der Waals surface area contributed by atoms with Crippen LogP contribution in [0.15, 0.2) is 36.4 Å². The van der Waals surface area contributed by atoms with Gasteiger partial charge >= 0.3 is 0 Å². The highest BCUT2D eigenvalue weighted by Crippen LogP contribution is 2.36. The van der Waals surface area contributed by atoms with E-state index in [1.54, 1.807) is 0 Å². The van der Waals surface area contributed by atoms with E-state index in [4.69, 9.17) is 22.1 Å². The van der Waals surface area contributed by atoms with E-state index in [1.807, 2.05) is 24.3 Å². The number of halogens is 2. The molecule has 0 radical (unpaired) electrons. The quantitative estimate of drug-likeness (QED) is 0.825. The van der Waals surface area contributed by atoms with Crippen molar-refractivity contribution in [3.05, 3.63) is 52.8 Å². The summed E-state index contributed by atoms with van der Waals surface area (Å²) >= 11 is 5.77. The van der Waals surface area contributed by atoms with E-state index in [1.165, 1.54) is 12.1 Å². The first kappa shape index (κ1) is 12.1. The molecule has 0 saturated heterocycles. The van der Waals surface area contributed by atoms with Gasteiger partial charge in [-0.3, -0.25) is 0 Å². The lowest BCUT2D eigenvalue weighted by Crippen LogP contribution is -2.13. The Morgan fingerprint density at radius 1 is 1.32 bits per heavy atom. The number of hydrogen-bond donors (Lipinski definition) is 2. The Labute approximate surface area is 115 Å². The Balaban J connectivity index is 1.89. The Morgan fingerprint density at radius 3 is 2.95 bits per heavy atom. The number of nitrogen functional groups attached to an aromatic ring is 1. The van der Waals surface area contributed by atoms with Gasteiger partial charge in [0.2, 0.25) is 0 Å². The van der Waals surface area contributed by atoms with Crippen LogP contribution in [0, 0.1) is 5.82 Å². The van der Waals surface area contributed by atoms with Gasteiger partial charge in [-0.2, -0.15) is 0 Å². The van der Waals surface area contributed by atoms with Crippen LogP contribution < -0.4 is 15.8 Å². The van der Waals surface area contributed by atoms with Crippen molar-refractivity contribution in [2.24, 2.45) is 0 Å². The fraction of sp³-hybridized carbons (Fsp3) is 0.143. The summed E-state index contributed by atoms with van der Waals surface area (Å²) in [7, 11) is 0. The van der Waals surface area contributed by atoms with Crippen LogP contribution in [0.5, 0.6) is 5.75 Å². The topological polar surface area (TPSA) is 47.3 Å². The van der Waals surface area contributed by atoms with Gasteiger partial charge in [-0.15, -0.1) is 0 Å². The lowest BCUT2D eigenvalue weighted by atomic mass is 10.1. The Morgan fingerprint density at radius 2 is 2.11 bits per heavy atom. The Kier molecular flexibility index (Phi) is 2.95. The van der Waals surface area contributed by atoms with Crippen molar-refractivity contribution < 1.29 is 9.13 Å². The van der Waals surface area contributed by atoms with Crippen molar-refractivity contribution in [2.45, 2.75) is 6.04 Å². The van der Waals surface area contributed by atoms with E-state index in [2.05, 4.69) is 5.32 Å². The number of para-hydroxylation sites is 1. The van der Waals surface area contributed by atoms with Gasteiger partial charge in [0.25, 0.3) is 0 Å². The maximum absolute atomic E-state index is 13.2. The fourth-order valence-corrected chi connectivity index (χ4v) is 2.32. The molecule has 0 saturated carbocycles. The van der Waals surface area contributed by atoms with Gasteiger partial charge in [0, 0.05) is 11.6 Å². The van der Waals surface area contributed by atoms with Crippen LogP contribution in [0.2, 0.25) is 5.02 Å². The summed E-state index contributed by atoms with van der Waals surface area (Å²) in [6.45, 7) is 0.508. The maximum atomic E-state index is 13.2. The molecule has 0 aromatic heterocycles. The fourth-order valence-electron chi connectivity index (χ4n) is 2.16. The summed E-state index contributed by atoms with van der Waals surface area (Å²) < 4.78 is 18.8. The summed E-state index contributed by atoms with van der Waals surface area (Å²) in [5.74, 6) is 0.333. The smallest absolute Gasteiger partial charge is 0.143 e. The summed E-state index contributed by atoms with van der Waals surface area (Å²) in [5, 5.41) is 3.28. The summed E-state index contributed by atoms with van der Waals surface area (Å²) in [6, 6.07) is 10.5. The zero-order valence-electron chi connectivity index (χ0n) is 9.99. The first-order chi connectivity index (χ1) is 9.15. The number of benzene rings is 2. The highest BCUT2D eigenvalue weighted by Gasteiger charge is 2.24. The van der Waals surface area contributed by atoms with Crippen LogP contribution in [0.25, 0.3) is 0 Å². The van der Waals surface area contributed by atoms with Crippen molar-refractivity contribution in [3.8, 4) is 5.75 Å². The van der Waals surface area contributed by atoms with Crippen LogP contribution in [0.1, 0.15) is 11.6 Å². The lowest BCUT2D eigenvalue weighted by Gasteiger charge is -2.15. The van der Waals surface area contributed by atoms with Crippen LogP contribution >= 0.6 is 11.6 Å². The number of nitrogens with one attached hydrogen (secondary N) is 1. The molecule has 3 N–H and O–H groups in total. The number of anilines is 2. The SMILES string of the molecule is Nc1cc(F)c(Cl)cc1NC1COc2ccccc21. The summed E-state index contributed by atoms with van der Waals surface area (Å²) in [4.78, 5) is 0. The van der Waals surface area contributed by atoms with Gasteiger partial charge in [-0.25, -0.2) is 4.39 Å². The van der Waals surface area contributed by atoms with Crippen molar-refractivity contribution in [2.75, 3.05) is 17.7 Å². The van der Waals surface area contributed by atoms with Crippen LogP contribution in [0.3, 0.4) is 0 Å². The molecular formula is C14H12ClFN2O. The normalized spacial score (nSPS) is 16.8. The minimum absolute atomic E-state index is 0.0139.